The number of rotatable bonds is 3. The number of hydrogen-bond donors (Lipinski definition) is 1. The molecule has 0 spiro atoms. The third-order valence-electron chi connectivity index (χ3n) is 1.25. The van der Waals surface area contributed by atoms with Gasteiger partial charge in [0.25, 0.3) is 0 Å². The van der Waals surface area contributed by atoms with Crippen LogP contribution in [0.3, 0.4) is 0 Å². The maximum atomic E-state index is 9.04. The standard InChI is InChI=1S/C7H17ClNO.ClH/c1-6(10)7(8)5-9(2,3)4;/h6-7,10H,5H2,1-4H3;1H/q+1;/p-1. The molecule has 0 radical (unpaired) electrons. The Morgan fingerprint density at radius 1 is 1.36 bits per heavy atom. The summed E-state index contributed by atoms with van der Waals surface area (Å²) in [7, 11) is 6.16. The predicted octanol–water partition coefficient (Wildman–Crippen LogP) is -2.32. The normalized spacial score (nSPS) is 16.9. The number of aliphatic hydroxyl groups is 1. The van der Waals surface area contributed by atoms with Gasteiger partial charge in [-0.15, -0.1) is 11.6 Å². The smallest absolute Gasteiger partial charge is 0.108 e. The zero-order chi connectivity index (χ0) is 8.36. The molecule has 0 saturated carbocycles. The lowest BCUT2D eigenvalue weighted by atomic mass is 10.2. The van der Waals surface area contributed by atoms with Crippen molar-refractivity contribution in [3.05, 3.63) is 0 Å². The number of nitrogens with zero attached hydrogens (tertiary/aromatic N) is 1. The van der Waals surface area contributed by atoms with E-state index in [1.54, 1.807) is 6.92 Å². The molecule has 0 heterocycles. The minimum absolute atomic E-state index is 0. The molecule has 0 aliphatic rings. The largest absolute Gasteiger partial charge is 1.00 e. The summed E-state index contributed by atoms with van der Waals surface area (Å²) in [6.45, 7) is 2.51. The van der Waals surface area contributed by atoms with Crippen LogP contribution in [0, 0.1) is 0 Å². The van der Waals surface area contributed by atoms with Crippen molar-refractivity contribution in [2.24, 2.45) is 0 Å². The molecule has 0 aliphatic heterocycles. The molecular formula is C7H17Cl2NO. The molecule has 0 saturated heterocycles. The minimum atomic E-state index is -0.418. The molecule has 0 aromatic carbocycles. The molecule has 0 fully saturated rings. The van der Waals surface area contributed by atoms with Gasteiger partial charge >= 0.3 is 0 Å². The first-order valence-corrected chi connectivity index (χ1v) is 3.89. The average molecular weight is 202 g/mol. The van der Waals surface area contributed by atoms with Gasteiger partial charge in [0.1, 0.15) is 5.38 Å². The van der Waals surface area contributed by atoms with E-state index in [-0.39, 0.29) is 17.8 Å². The topological polar surface area (TPSA) is 20.2 Å². The minimum Gasteiger partial charge on any atom is -1.00 e. The predicted molar refractivity (Wildman–Crippen MR) is 44.2 cm³/mol. The molecule has 0 aromatic rings. The highest BCUT2D eigenvalue weighted by Gasteiger charge is 2.19. The summed E-state index contributed by atoms with van der Waals surface area (Å²) >= 11 is 5.83. The van der Waals surface area contributed by atoms with E-state index in [9.17, 15) is 0 Å². The van der Waals surface area contributed by atoms with E-state index in [0.29, 0.717) is 0 Å². The maximum absolute atomic E-state index is 9.04. The first kappa shape index (κ1) is 14.0. The van der Waals surface area contributed by atoms with Crippen LogP contribution >= 0.6 is 11.6 Å². The van der Waals surface area contributed by atoms with E-state index in [1.165, 1.54) is 0 Å². The van der Waals surface area contributed by atoms with Gasteiger partial charge in [0, 0.05) is 0 Å². The van der Waals surface area contributed by atoms with Gasteiger partial charge in [-0.25, -0.2) is 0 Å². The number of aliphatic hydroxyl groups excluding tert-OH is 1. The zero-order valence-electron chi connectivity index (χ0n) is 7.51. The SMILES string of the molecule is CC(O)C(Cl)C[N+](C)(C)C.[Cl-]. The van der Waals surface area contributed by atoms with E-state index in [2.05, 4.69) is 21.1 Å². The third-order valence-corrected chi connectivity index (χ3v) is 1.75. The van der Waals surface area contributed by atoms with E-state index in [1.807, 2.05) is 0 Å². The lowest BCUT2D eigenvalue weighted by Crippen LogP contribution is -3.00. The second-order valence-electron chi connectivity index (χ2n) is 3.73. The van der Waals surface area contributed by atoms with Crippen molar-refractivity contribution >= 4 is 11.6 Å². The van der Waals surface area contributed by atoms with Gasteiger partial charge < -0.3 is 22.0 Å². The van der Waals surface area contributed by atoms with Gasteiger partial charge in [0.05, 0.1) is 33.8 Å². The quantitative estimate of drug-likeness (QED) is 0.402. The lowest BCUT2D eigenvalue weighted by Gasteiger charge is -2.27. The van der Waals surface area contributed by atoms with Crippen LogP contribution in [-0.2, 0) is 0 Å². The Bertz CT molecular complexity index is 101. The third kappa shape index (κ3) is 8.41. The summed E-state index contributed by atoms with van der Waals surface area (Å²) in [5.74, 6) is 0. The first-order chi connectivity index (χ1) is 4.33. The molecule has 4 heteroatoms. The molecule has 70 valence electrons. The first-order valence-electron chi connectivity index (χ1n) is 3.45. The molecular weight excluding hydrogens is 185 g/mol. The Morgan fingerprint density at radius 2 is 1.73 bits per heavy atom. The van der Waals surface area contributed by atoms with E-state index in [4.69, 9.17) is 16.7 Å². The van der Waals surface area contributed by atoms with Gasteiger partial charge in [-0.1, -0.05) is 0 Å². The molecule has 0 aliphatic carbocycles. The van der Waals surface area contributed by atoms with Crippen LogP contribution in [-0.4, -0.2) is 48.8 Å². The van der Waals surface area contributed by atoms with Crippen LogP contribution in [0.25, 0.3) is 0 Å². The fourth-order valence-corrected chi connectivity index (χ4v) is 1.09. The molecule has 0 rings (SSSR count). The van der Waals surface area contributed by atoms with E-state index < -0.39 is 6.10 Å². The fourth-order valence-electron chi connectivity index (χ4n) is 0.676. The number of halogens is 2. The number of alkyl halides is 1. The van der Waals surface area contributed by atoms with Crippen LogP contribution in [0.4, 0.5) is 0 Å². The molecule has 0 aromatic heterocycles. The van der Waals surface area contributed by atoms with Crippen molar-refractivity contribution in [1.29, 1.82) is 0 Å². The van der Waals surface area contributed by atoms with Crippen LogP contribution in [0.2, 0.25) is 0 Å². The van der Waals surface area contributed by atoms with Crippen molar-refractivity contribution in [2.45, 2.75) is 18.4 Å². The molecule has 2 unspecified atom stereocenters. The van der Waals surface area contributed by atoms with E-state index in [0.717, 1.165) is 11.0 Å². The number of hydrogen-bond acceptors (Lipinski definition) is 1. The zero-order valence-corrected chi connectivity index (χ0v) is 9.02. The van der Waals surface area contributed by atoms with Gasteiger partial charge in [-0.2, -0.15) is 0 Å². The van der Waals surface area contributed by atoms with Crippen molar-refractivity contribution in [1.82, 2.24) is 0 Å². The van der Waals surface area contributed by atoms with Gasteiger partial charge in [-0.05, 0) is 6.92 Å². The molecule has 11 heavy (non-hydrogen) atoms. The Morgan fingerprint density at radius 3 is 1.82 bits per heavy atom. The Kier molecular flexibility index (Phi) is 6.64. The van der Waals surface area contributed by atoms with Gasteiger partial charge in [0.15, 0.2) is 0 Å². The monoisotopic (exact) mass is 201 g/mol. The van der Waals surface area contributed by atoms with Crippen molar-refractivity contribution in [3.63, 3.8) is 0 Å². The molecule has 0 bridgehead atoms. The second kappa shape index (κ2) is 5.20. The molecule has 2 nitrogen and oxygen atoms in total. The average Bonchev–Trinajstić information content (AvgIpc) is 1.60. The maximum Gasteiger partial charge on any atom is 0.108 e. The number of quaternary nitrogens is 1. The highest BCUT2D eigenvalue weighted by Crippen LogP contribution is 2.06. The summed E-state index contributed by atoms with van der Waals surface area (Å²) in [6.07, 6.45) is -0.418. The van der Waals surface area contributed by atoms with E-state index >= 15 is 0 Å². The van der Waals surface area contributed by atoms with Crippen LogP contribution in [0.15, 0.2) is 0 Å². The summed E-state index contributed by atoms with van der Waals surface area (Å²) in [5, 5.41) is 8.90. The highest BCUT2D eigenvalue weighted by atomic mass is 35.5. The summed E-state index contributed by atoms with van der Waals surface area (Å²) < 4.78 is 0.791. The van der Waals surface area contributed by atoms with Crippen molar-refractivity contribution in [3.8, 4) is 0 Å². The molecule has 0 amide bonds. The Balaban J connectivity index is 0. The van der Waals surface area contributed by atoms with Crippen molar-refractivity contribution < 1.29 is 22.0 Å². The molecule has 1 N–H and O–H groups in total. The fraction of sp³-hybridized carbons (Fsp3) is 1.00. The lowest BCUT2D eigenvalue weighted by molar-refractivity contribution is -0.870. The highest BCUT2D eigenvalue weighted by molar-refractivity contribution is 6.21. The van der Waals surface area contributed by atoms with Crippen LogP contribution < -0.4 is 12.4 Å². The summed E-state index contributed by atoms with van der Waals surface area (Å²) in [6, 6.07) is 0. The Labute approximate surface area is 80.1 Å². The van der Waals surface area contributed by atoms with Crippen LogP contribution in [0.5, 0.6) is 0 Å². The summed E-state index contributed by atoms with van der Waals surface area (Å²) in [4.78, 5) is 0. The molecule has 2 atom stereocenters. The Hall–Kier alpha value is 0.500. The van der Waals surface area contributed by atoms with Gasteiger partial charge in [-0.3, -0.25) is 0 Å². The second-order valence-corrected chi connectivity index (χ2v) is 4.29. The van der Waals surface area contributed by atoms with Crippen LogP contribution in [0.1, 0.15) is 6.92 Å². The van der Waals surface area contributed by atoms with Crippen molar-refractivity contribution in [2.75, 3.05) is 27.7 Å². The van der Waals surface area contributed by atoms with Gasteiger partial charge in [0.2, 0.25) is 0 Å². The summed E-state index contributed by atoms with van der Waals surface area (Å²) in [5.41, 5.74) is 0.